The van der Waals surface area contributed by atoms with Crippen LogP contribution in [0.5, 0.6) is 0 Å². The van der Waals surface area contributed by atoms with Crippen molar-refractivity contribution in [3.8, 4) is 11.4 Å². The smallest absolute Gasteiger partial charge is 0.233 e. The van der Waals surface area contributed by atoms with Gasteiger partial charge in [0.2, 0.25) is 5.91 Å². The fraction of sp³-hybridized carbons (Fsp3) is 0.500. The van der Waals surface area contributed by atoms with E-state index in [9.17, 15) is 13.2 Å². The summed E-state index contributed by atoms with van der Waals surface area (Å²) in [6, 6.07) is 5.06. The van der Waals surface area contributed by atoms with Crippen LogP contribution in [0, 0.1) is 0 Å². The Balaban J connectivity index is 1.54. The van der Waals surface area contributed by atoms with Crippen LogP contribution in [0.15, 0.2) is 36.0 Å². The Labute approximate surface area is 208 Å². The van der Waals surface area contributed by atoms with Gasteiger partial charge < -0.3 is 4.90 Å². The van der Waals surface area contributed by atoms with Gasteiger partial charge in [-0.2, -0.15) is 0 Å². The summed E-state index contributed by atoms with van der Waals surface area (Å²) in [4.78, 5) is 15.2. The number of carbonyl (C=O) groups is 1. The zero-order chi connectivity index (χ0) is 23.6. The molecule has 2 fully saturated rings. The van der Waals surface area contributed by atoms with Gasteiger partial charge in [-0.15, -0.1) is 16.8 Å². The van der Waals surface area contributed by atoms with Crippen molar-refractivity contribution in [2.75, 3.05) is 17.3 Å². The van der Waals surface area contributed by atoms with E-state index in [-0.39, 0.29) is 35.2 Å². The first kappa shape index (κ1) is 24.6. The molecule has 4 rings (SSSR count). The van der Waals surface area contributed by atoms with Crippen LogP contribution >= 0.6 is 35.0 Å². The van der Waals surface area contributed by atoms with Crippen molar-refractivity contribution in [1.29, 1.82) is 0 Å². The summed E-state index contributed by atoms with van der Waals surface area (Å²) >= 11 is 13.7. The van der Waals surface area contributed by atoms with Gasteiger partial charge in [0, 0.05) is 29.2 Å². The van der Waals surface area contributed by atoms with Crippen LogP contribution in [0.1, 0.15) is 32.1 Å². The lowest BCUT2D eigenvalue weighted by Gasteiger charge is -2.34. The fourth-order valence-corrected chi connectivity index (χ4v) is 7.66. The lowest BCUT2D eigenvalue weighted by atomic mass is 10.1. The van der Waals surface area contributed by atoms with E-state index in [1.807, 2.05) is 9.47 Å². The SMILES string of the molecule is C=CCn1c(SCC(=O)N(C2CCCC2)[C@@H]2CCS(=O)(=O)C2)nnc1-c1ccc(Cl)cc1Cl. The number of carbonyl (C=O) groups excluding carboxylic acids is 1. The molecule has 1 saturated heterocycles. The molecule has 1 atom stereocenters. The van der Waals surface area contributed by atoms with E-state index in [0.717, 1.165) is 25.7 Å². The highest BCUT2D eigenvalue weighted by atomic mass is 35.5. The summed E-state index contributed by atoms with van der Waals surface area (Å²) < 4.78 is 26.0. The molecule has 1 saturated carbocycles. The Hall–Kier alpha value is -1.55. The molecule has 1 aromatic heterocycles. The van der Waals surface area contributed by atoms with E-state index in [0.29, 0.717) is 39.6 Å². The number of sulfone groups is 1. The third-order valence-electron chi connectivity index (χ3n) is 6.13. The summed E-state index contributed by atoms with van der Waals surface area (Å²) in [7, 11) is -3.08. The number of aromatic nitrogens is 3. The molecule has 7 nitrogen and oxygen atoms in total. The maximum Gasteiger partial charge on any atom is 0.233 e. The minimum Gasteiger partial charge on any atom is -0.335 e. The van der Waals surface area contributed by atoms with Gasteiger partial charge in [0.05, 0.1) is 22.3 Å². The molecule has 2 aromatic rings. The summed E-state index contributed by atoms with van der Waals surface area (Å²) in [5.74, 6) is 0.900. The molecule has 2 aliphatic rings. The second-order valence-electron chi connectivity index (χ2n) is 8.41. The Morgan fingerprint density at radius 3 is 2.61 bits per heavy atom. The Morgan fingerprint density at radius 2 is 1.97 bits per heavy atom. The quantitative estimate of drug-likeness (QED) is 0.370. The number of rotatable bonds is 8. The van der Waals surface area contributed by atoms with Crippen molar-refractivity contribution in [3.05, 3.63) is 40.9 Å². The highest BCUT2D eigenvalue weighted by molar-refractivity contribution is 7.99. The minimum absolute atomic E-state index is 0.0479. The van der Waals surface area contributed by atoms with Crippen molar-refractivity contribution < 1.29 is 13.2 Å². The number of allylic oxidation sites excluding steroid dienone is 1. The van der Waals surface area contributed by atoms with Crippen LogP contribution in [0.25, 0.3) is 11.4 Å². The largest absolute Gasteiger partial charge is 0.335 e. The molecular formula is C22H26Cl2N4O3S2. The first-order valence-corrected chi connectivity index (χ1v) is 14.5. The molecule has 0 unspecified atom stereocenters. The Morgan fingerprint density at radius 1 is 1.21 bits per heavy atom. The average Bonchev–Trinajstić information content (AvgIpc) is 3.49. The van der Waals surface area contributed by atoms with Crippen LogP contribution in [0.4, 0.5) is 0 Å². The maximum atomic E-state index is 13.3. The highest BCUT2D eigenvalue weighted by Crippen LogP contribution is 2.33. The summed E-state index contributed by atoms with van der Waals surface area (Å²) in [5.41, 5.74) is 0.692. The predicted octanol–water partition coefficient (Wildman–Crippen LogP) is 4.49. The molecule has 0 bridgehead atoms. The third-order valence-corrected chi connectivity index (χ3v) is 9.38. The normalized spacial score (nSPS) is 20.2. The molecule has 1 aliphatic carbocycles. The van der Waals surface area contributed by atoms with Gasteiger partial charge in [-0.3, -0.25) is 9.36 Å². The van der Waals surface area contributed by atoms with E-state index < -0.39 is 9.84 Å². The summed E-state index contributed by atoms with van der Waals surface area (Å²) in [6.07, 6.45) is 6.25. The second-order valence-corrected chi connectivity index (χ2v) is 12.4. The van der Waals surface area contributed by atoms with Crippen molar-refractivity contribution >= 4 is 50.7 Å². The van der Waals surface area contributed by atoms with Gasteiger partial charge in [-0.25, -0.2) is 8.42 Å². The van der Waals surface area contributed by atoms with Crippen LogP contribution in [-0.4, -0.2) is 63.3 Å². The monoisotopic (exact) mass is 528 g/mol. The van der Waals surface area contributed by atoms with Gasteiger partial charge in [0.25, 0.3) is 0 Å². The van der Waals surface area contributed by atoms with E-state index in [1.54, 1.807) is 24.3 Å². The number of thioether (sulfide) groups is 1. The molecule has 1 amide bonds. The van der Waals surface area contributed by atoms with E-state index >= 15 is 0 Å². The molecule has 1 aliphatic heterocycles. The number of benzene rings is 1. The van der Waals surface area contributed by atoms with E-state index in [2.05, 4.69) is 16.8 Å². The molecule has 11 heteroatoms. The molecule has 2 heterocycles. The second kappa shape index (κ2) is 10.4. The molecular weight excluding hydrogens is 503 g/mol. The highest BCUT2D eigenvalue weighted by Gasteiger charge is 2.39. The summed E-state index contributed by atoms with van der Waals surface area (Å²) in [6.45, 7) is 4.27. The van der Waals surface area contributed by atoms with Crippen molar-refractivity contribution in [1.82, 2.24) is 19.7 Å². The number of halogens is 2. The Kier molecular flexibility index (Phi) is 7.73. The van der Waals surface area contributed by atoms with Crippen molar-refractivity contribution in [3.63, 3.8) is 0 Å². The fourth-order valence-electron chi connectivity index (χ4n) is 4.64. The van der Waals surface area contributed by atoms with Crippen molar-refractivity contribution in [2.24, 2.45) is 0 Å². The zero-order valence-electron chi connectivity index (χ0n) is 18.1. The van der Waals surface area contributed by atoms with Gasteiger partial charge >= 0.3 is 0 Å². The zero-order valence-corrected chi connectivity index (χ0v) is 21.3. The van der Waals surface area contributed by atoms with Gasteiger partial charge in [0.15, 0.2) is 20.8 Å². The van der Waals surface area contributed by atoms with E-state index in [4.69, 9.17) is 23.2 Å². The number of hydrogen-bond donors (Lipinski definition) is 0. The molecule has 33 heavy (non-hydrogen) atoms. The van der Waals surface area contributed by atoms with E-state index in [1.165, 1.54) is 11.8 Å². The predicted molar refractivity (Wildman–Crippen MR) is 133 cm³/mol. The van der Waals surface area contributed by atoms with Gasteiger partial charge in [0.1, 0.15) is 0 Å². The first-order chi connectivity index (χ1) is 15.8. The lowest BCUT2D eigenvalue weighted by molar-refractivity contribution is -0.132. The average molecular weight is 530 g/mol. The standard InChI is InChI=1S/C22H26Cl2N4O3S2/c1-2-10-27-21(18-8-7-15(23)12-19(18)24)25-26-22(27)32-13-20(29)28(16-5-3-4-6-16)17-9-11-33(30,31)14-17/h2,7-8,12,16-17H,1,3-6,9-11,13-14H2/t17-/m1/s1. The van der Waals surface area contributed by atoms with Crippen molar-refractivity contribution in [2.45, 2.75) is 55.9 Å². The number of amides is 1. The molecule has 178 valence electrons. The summed E-state index contributed by atoms with van der Waals surface area (Å²) in [5, 5.41) is 10.2. The molecule has 0 spiro atoms. The minimum atomic E-state index is -3.08. The van der Waals surface area contributed by atoms with Gasteiger partial charge in [-0.1, -0.05) is 53.9 Å². The number of hydrogen-bond acceptors (Lipinski definition) is 6. The lowest BCUT2D eigenvalue weighted by Crippen LogP contribution is -2.47. The molecule has 0 N–H and O–H groups in total. The van der Waals surface area contributed by atoms with Crippen LogP contribution in [0.3, 0.4) is 0 Å². The third kappa shape index (κ3) is 5.58. The number of nitrogens with zero attached hydrogens (tertiary/aromatic N) is 4. The molecule has 1 aromatic carbocycles. The van der Waals surface area contributed by atoms with Crippen LogP contribution in [0.2, 0.25) is 10.0 Å². The maximum absolute atomic E-state index is 13.3. The Bertz CT molecular complexity index is 1150. The van der Waals surface area contributed by atoms with Gasteiger partial charge in [-0.05, 0) is 37.5 Å². The topological polar surface area (TPSA) is 85.2 Å². The first-order valence-electron chi connectivity index (χ1n) is 10.9. The molecule has 0 radical (unpaired) electrons. The van der Waals surface area contributed by atoms with Crippen LogP contribution < -0.4 is 0 Å². The van der Waals surface area contributed by atoms with Crippen LogP contribution in [-0.2, 0) is 21.2 Å².